The van der Waals surface area contributed by atoms with Crippen LogP contribution in [0.2, 0.25) is 0 Å². The smallest absolute Gasteiger partial charge is 0.140 e. The fraction of sp³-hybridized carbons (Fsp3) is 0.167. The van der Waals surface area contributed by atoms with Crippen molar-refractivity contribution >= 4 is 0 Å². The van der Waals surface area contributed by atoms with E-state index in [-0.39, 0.29) is 5.75 Å². The van der Waals surface area contributed by atoms with E-state index in [2.05, 4.69) is 15.6 Å². The van der Waals surface area contributed by atoms with E-state index in [0.717, 1.165) is 30.1 Å². The fourth-order valence-corrected chi connectivity index (χ4v) is 2.47. The highest BCUT2D eigenvalue weighted by molar-refractivity contribution is 5.57. The minimum atomic E-state index is 0.250. The van der Waals surface area contributed by atoms with Crippen molar-refractivity contribution in [3.05, 3.63) is 66.5 Å². The maximum absolute atomic E-state index is 9.62. The van der Waals surface area contributed by atoms with E-state index in [1.54, 1.807) is 25.4 Å². The number of aromatic hydroxyl groups is 1. The van der Waals surface area contributed by atoms with Crippen molar-refractivity contribution in [2.75, 3.05) is 7.11 Å². The van der Waals surface area contributed by atoms with Gasteiger partial charge in [-0.3, -0.25) is 0 Å². The number of aromatic nitrogens is 2. The topological polar surface area (TPSA) is 47.3 Å². The molecule has 0 saturated carbocycles. The van der Waals surface area contributed by atoms with Gasteiger partial charge in [-0.05, 0) is 36.2 Å². The maximum atomic E-state index is 9.62. The standard InChI is InChI=1S/C18H18N2O2/c1-22-17-7-2-4-14(12-17)8-10-20-11-9-19-18(20)15-5-3-6-16(21)13-15/h2-7,9,11-13,21H,8,10H2,1H3. The van der Waals surface area contributed by atoms with Gasteiger partial charge >= 0.3 is 0 Å². The van der Waals surface area contributed by atoms with Crippen molar-refractivity contribution in [1.29, 1.82) is 0 Å². The Kier molecular flexibility index (Phi) is 4.10. The number of rotatable bonds is 5. The van der Waals surface area contributed by atoms with E-state index in [0.29, 0.717) is 0 Å². The molecule has 0 atom stereocenters. The van der Waals surface area contributed by atoms with Crippen LogP contribution < -0.4 is 4.74 Å². The van der Waals surface area contributed by atoms with Crippen LogP contribution >= 0.6 is 0 Å². The molecule has 0 aliphatic carbocycles. The number of methoxy groups -OCH3 is 1. The Bertz CT molecular complexity index is 765. The summed E-state index contributed by atoms with van der Waals surface area (Å²) in [5.74, 6) is 1.98. The van der Waals surface area contributed by atoms with Crippen LogP contribution in [0.25, 0.3) is 11.4 Å². The summed E-state index contributed by atoms with van der Waals surface area (Å²) in [6.07, 6.45) is 4.63. The first-order chi connectivity index (χ1) is 10.8. The molecule has 4 heteroatoms. The number of phenolic OH excluding ortho intramolecular Hbond substituents is 1. The molecule has 112 valence electrons. The number of hydrogen-bond acceptors (Lipinski definition) is 3. The molecule has 4 nitrogen and oxygen atoms in total. The fourth-order valence-electron chi connectivity index (χ4n) is 2.47. The van der Waals surface area contributed by atoms with Crippen LogP contribution in [-0.4, -0.2) is 21.8 Å². The molecular weight excluding hydrogens is 276 g/mol. The third-order valence-electron chi connectivity index (χ3n) is 3.60. The summed E-state index contributed by atoms with van der Waals surface area (Å²) < 4.78 is 7.34. The van der Waals surface area contributed by atoms with Crippen molar-refractivity contribution in [3.8, 4) is 22.9 Å². The van der Waals surface area contributed by atoms with Crippen molar-refractivity contribution in [2.24, 2.45) is 0 Å². The zero-order chi connectivity index (χ0) is 15.4. The molecule has 0 amide bonds. The summed E-state index contributed by atoms with van der Waals surface area (Å²) in [6, 6.07) is 15.2. The molecule has 0 spiro atoms. The number of nitrogens with zero attached hydrogens (tertiary/aromatic N) is 2. The lowest BCUT2D eigenvalue weighted by Crippen LogP contribution is -2.02. The Morgan fingerprint density at radius 3 is 2.82 bits per heavy atom. The second kappa shape index (κ2) is 6.35. The normalized spacial score (nSPS) is 10.6. The molecule has 0 radical (unpaired) electrons. The SMILES string of the molecule is COc1cccc(CCn2ccnc2-c2cccc(O)c2)c1. The number of ether oxygens (including phenoxy) is 1. The minimum absolute atomic E-state index is 0.250. The van der Waals surface area contributed by atoms with E-state index < -0.39 is 0 Å². The Labute approximate surface area is 129 Å². The van der Waals surface area contributed by atoms with Crippen LogP contribution in [-0.2, 0) is 13.0 Å². The number of aryl methyl sites for hydroxylation is 2. The van der Waals surface area contributed by atoms with Crippen LogP contribution in [0.3, 0.4) is 0 Å². The average Bonchev–Trinajstić information content (AvgIpc) is 3.02. The second-order valence-corrected chi connectivity index (χ2v) is 5.10. The van der Waals surface area contributed by atoms with Gasteiger partial charge in [0.2, 0.25) is 0 Å². The zero-order valence-electron chi connectivity index (χ0n) is 12.4. The third kappa shape index (κ3) is 3.11. The molecule has 22 heavy (non-hydrogen) atoms. The van der Waals surface area contributed by atoms with E-state index in [4.69, 9.17) is 4.74 Å². The molecule has 1 heterocycles. The molecule has 0 unspecified atom stereocenters. The van der Waals surface area contributed by atoms with Crippen LogP contribution in [0.15, 0.2) is 60.9 Å². The summed E-state index contributed by atoms with van der Waals surface area (Å²) in [6.45, 7) is 0.818. The number of phenols is 1. The largest absolute Gasteiger partial charge is 0.508 e. The number of hydrogen-bond donors (Lipinski definition) is 1. The van der Waals surface area contributed by atoms with Gasteiger partial charge in [-0.25, -0.2) is 4.98 Å². The molecule has 3 rings (SSSR count). The Balaban J connectivity index is 1.78. The number of benzene rings is 2. The lowest BCUT2D eigenvalue weighted by molar-refractivity contribution is 0.414. The lowest BCUT2D eigenvalue weighted by atomic mass is 10.1. The molecule has 3 aromatic rings. The highest BCUT2D eigenvalue weighted by Gasteiger charge is 2.07. The van der Waals surface area contributed by atoms with Gasteiger partial charge in [-0.1, -0.05) is 24.3 Å². The molecule has 2 aromatic carbocycles. The van der Waals surface area contributed by atoms with Crippen LogP contribution in [0.4, 0.5) is 0 Å². The predicted octanol–water partition coefficient (Wildman–Crippen LogP) is 3.51. The zero-order valence-corrected chi connectivity index (χ0v) is 12.4. The molecule has 0 fully saturated rings. The highest BCUT2D eigenvalue weighted by atomic mass is 16.5. The van der Waals surface area contributed by atoms with Crippen LogP contribution in [0, 0.1) is 0 Å². The van der Waals surface area contributed by atoms with E-state index >= 15 is 0 Å². The van der Waals surface area contributed by atoms with Crippen molar-refractivity contribution < 1.29 is 9.84 Å². The predicted molar refractivity (Wildman–Crippen MR) is 86.0 cm³/mol. The second-order valence-electron chi connectivity index (χ2n) is 5.10. The quantitative estimate of drug-likeness (QED) is 0.783. The van der Waals surface area contributed by atoms with E-state index in [9.17, 15) is 5.11 Å². The van der Waals surface area contributed by atoms with Gasteiger partial charge in [0.25, 0.3) is 0 Å². The first-order valence-electron chi connectivity index (χ1n) is 7.20. The van der Waals surface area contributed by atoms with Gasteiger partial charge in [0, 0.05) is 24.5 Å². The molecule has 1 N–H and O–H groups in total. The number of imidazole rings is 1. The van der Waals surface area contributed by atoms with E-state index in [1.807, 2.05) is 36.5 Å². The Hall–Kier alpha value is -2.75. The van der Waals surface area contributed by atoms with Crippen LogP contribution in [0.5, 0.6) is 11.5 Å². The molecule has 0 bridgehead atoms. The summed E-state index contributed by atoms with van der Waals surface area (Å²) in [7, 11) is 1.68. The summed E-state index contributed by atoms with van der Waals surface area (Å²) in [5.41, 5.74) is 2.13. The van der Waals surface area contributed by atoms with Crippen LogP contribution in [0.1, 0.15) is 5.56 Å². The lowest BCUT2D eigenvalue weighted by Gasteiger charge is -2.09. The summed E-state index contributed by atoms with van der Waals surface area (Å²) in [4.78, 5) is 4.40. The Morgan fingerprint density at radius 1 is 1.14 bits per heavy atom. The van der Waals surface area contributed by atoms with Gasteiger partial charge in [0.15, 0.2) is 0 Å². The average molecular weight is 294 g/mol. The molecule has 0 saturated heterocycles. The van der Waals surface area contributed by atoms with E-state index in [1.165, 1.54) is 5.56 Å². The monoisotopic (exact) mass is 294 g/mol. The van der Waals surface area contributed by atoms with Gasteiger partial charge in [-0.15, -0.1) is 0 Å². The Morgan fingerprint density at radius 2 is 2.00 bits per heavy atom. The third-order valence-corrected chi connectivity index (χ3v) is 3.60. The molecule has 0 aliphatic rings. The van der Waals surface area contributed by atoms with Gasteiger partial charge in [0.05, 0.1) is 7.11 Å². The minimum Gasteiger partial charge on any atom is -0.508 e. The van der Waals surface area contributed by atoms with Gasteiger partial charge < -0.3 is 14.4 Å². The summed E-state index contributed by atoms with van der Waals surface area (Å²) >= 11 is 0. The van der Waals surface area contributed by atoms with Crippen molar-refractivity contribution in [2.45, 2.75) is 13.0 Å². The maximum Gasteiger partial charge on any atom is 0.140 e. The summed E-state index contributed by atoms with van der Waals surface area (Å²) in [5, 5.41) is 9.62. The van der Waals surface area contributed by atoms with Gasteiger partial charge in [-0.2, -0.15) is 0 Å². The molecular formula is C18H18N2O2. The first kappa shape index (κ1) is 14.2. The van der Waals surface area contributed by atoms with Crippen molar-refractivity contribution in [3.63, 3.8) is 0 Å². The molecule has 0 aliphatic heterocycles. The highest BCUT2D eigenvalue weighted by Crippen LogP contribution is 2.22. The first-order valence-corrected chi connectivity index (χ1v) is 7.20. The molecule has 1 aromatic heterocycles. The van der Waals surface area contributed by atoms with Crippen molar-refractivity contribution in [1.82, 2.24) is 9.55 Å². The van der Waals surface area contributed by atoms with Gasteiger partial charge in [0.1, 0.15) is 17.3 Å².